The van der Waals surface area contributed by atoms with E-state index in [9.17, 15) is 8.78 Å². The van der Waals surface area contributed by atoms with Crippen LogP contribution in [0.15, 0.2) is 42.0 Å². The van der Waals surface area contributed by atoms with E-state index in [0.717, 1.165) is 23.4 Å². The second kappa shape index (κ2) is 5.73. The predicted molar refractivity (Wildman–Crippen MR) is 85.4 cm³/mol. The topological polar surface area (TPSA) is 63.3 Å². The van der Waals surface area contributed by atoms with Gasteiger partial charge in [-0.15, -0.1) is 11.3 Å². The molecule has 0 aliphatic rings. The highest BCUT2D eigenvalue weighted by atomic mass is 32.1. The van der Waals surface area contributed by atoms with E-state index >= 15 is 0 Å². The fourth-order valence-corrected chi connectivity index (χ4v) is 3.07. The first-order valence-electron chi connectivity index (χ1n) is 7.00. The summed E-state index contributed by atoms with van der Waals surface area (Å²) in [7, 11) is 0. The van der Waals surface area contributed by atoms with Gasteiger partial charge in [0.25, 0.3) is 0 Å². The van der Waals surface area contributed by atoms with Crippen LogP contribution in [0, 0.1) is 11.9 Å². The highest BCUT2D eigenvalue weighted by molar-refractivity contribution is 7.09. The Morgan fingerprint density at radius 3 is 2.46 bits per heavy atom. The number of imidazole rings is 1. The third kappa shape index (κ3) is 2.66. The number of hydrogen-bond donors (Lipinski definition) is 1. The summed E-state index contributed by atoms with van der Waals surface area (Å²) in [6.07, 6.45) is 3.52. The van der Waals surface area contributed by atoms with Crippen LogP contribution in [0.2, 0.25) is 0 Å². The number of aliphatic hydroxyl groups excluding tert-OH is 1. The Balaban J connectivity index is 1.78. The van der Waals surface area contributed by atoms with E-state index in [1.807, 2.05) is 17.6 Å². The number of halogens is 2. The summed E-state index contributed by atoms with van der Waals surface area (Å²) in [4.78, 5) is 11.8. The van der Waals surface area contributed by atoms with E-state index in [1.54, 1.807) is 16.7 Å². The molecule has 0 fully saturated rings. The predicted octanol–water partition coefficient (Wildman–Crippen LogP) is 3.29. The Labute approximate surface area is 138 Å². The molecule has 4 aromatic rings. The van der Waals surface area contributed by atoms with Gasteiger partial charge >= 0.3 is 0 Å². The number of pyridine rings is 2. The third-order valence-electron chi connectivity index (χ3n) is 3.49. The van der Waals surface area contributed by atoms with Gasteiger partial charge in [0.15, 0.2) is 0 Å². The lowest BCUT2D eigenvalue weighted by Crippen LogP contribution is -1.89. The third-order valence-corrected chi connectivity index (χ3v) is 4.33. The van der Waals surface area contributed by atoms with Crippen LogP contribution in [0.25, 0.3) is 28.2 Å². The van der Waals surface area contributed by atoms with E-state index in [0.29, 0.717) is 21.9 Å². The average molecular weight is 344 g/mol. The van der Waals surface area contributed by atoms with Crippen molar-refractivity contribution in [3.63, 3.8) is 0 Å². The van der Waals surface area contributed by atoms with Crippen molar-refractivity contribution in [3.05, 3.63) is 58.9 Å². The second-order valence-electron chi connectivity index (χ2n) is 5.10. The summed E-state index contributed by atoms with van der Waals surface area (Å²) in [6, 6.07) is 5.93. The van der Waals surface area contributed by atoms with Crippen LogP contribution >= 0.6 is 11.3 Å². The minimum Gasteiger partial charge on any atom is -0.389 e. The summed E-state index contributed by atoms with van der Waals surface area (Å²) in [5, 5.41) is 11.6. The molecule has 5 nitrogen and oxygen atoms in total. The average Bonchev–Trinajstić information content (AvgIpc) is 3.20. The van der Waals surface area contributed by atoms with E-state index in [1.165, 1.54) is 11.3 Å². The second-order valence-corrected chi connectivity index (χ2v) is 6.04. The van der Waals surface area contributed by atoms with Crippen LogP contribution in [0.1, 0.15) is 5.01 Å². The minimum atomic E-state index is -0.887. The van der Waals surface area contributed by atoms with Gasteiger partial charge in [-0.1, -0.05) is 0 Å². The number of thiazole rings is 1. The van der Waals surface area contributed by atoms with Crippen LogP contribution in [-0.2, 0) is 6.61 Å². The summed E-state index contributed by atoms with van der Waals surface area (Å²) in [5.41, 5.74) is 3.02. The largest absolute Gasteiger partial charge is 0.389 e. The molecule has 0 atom stereocenters. The van der Waals surface area contributed by atoms with Crippen LogP contribution in [0.5, 0.6) is 0 Å². The van der Waals surface area contributed by atoms with Gasteiger partial charge in [0, 0.05) is 41.0 Å². The molecule has 0 aliphatic heterocycles. The van der Waals surface area contributed by atoms with Crippen LogP contribution in [-0.4, -0.2) is 24.5 Å². The maximum atomic E-state index is 13.3. The molecule has 0 aliphatic carbocycles. The summed E-state index contributed by atoms with van der Waals surface area (Å²) < 4.78 is 28.3. The molecular formula is C16H10F2N4OS. The molecule has 0 unspecified atom stereocenters. The monoisotopic (exact) mass is 344 g/mol. The molecule has 0 radical (unpaired) electrons. The van der Waals surface area contributed by atoms with Crippen molar-refractivity contribution in [1.29, 1.82) is 0 Å². The lowest BCUT2D eigenvalue weighted by atomic mass is 10.2. The molecule has 0 bridgehead atoms. The molecule has 120 valence electrons. The SMILES string of the molecule is OCc1nc(-c2ccc3nc(-c4cc(F)nc(F)c4)cn3c2)cs1. The zero-order chi connectivity index (χ0) is 16.7. The highest BCUT2D eigenvalue weighted by Gasteiger charge is 2.10. The van der Waals surface area contributed by atoms with Gasteiger partial charge in [-0.25, -0.2) is 9.97 Å². The Bertz CT molecular complexity index is 1020. The number of aliphatic hydroxyl groups is 1. The van der Waals surface area contributed by atoms with Crippen molar-refractivity contribution >= 4 is 17.0 Å². The maximum Gasteiger partial charge on any atom is 0.216 e. The van der Waals surface area contributed by atoms with Gasteiger partial charge in [0.2, 0.25) is 11.9 Å². The van der Waals surface area contributed by atoms with Gasteiger partial charge < -0.3 is 9.51 Å². The fraction of sp³-hybridized carbons (Fsp3) is 0.0625. The zero-order valence-corrected chi connectivity index (χ0v) is 13.0. The first-order valence-corrected chi connectivity index (χ1v) is 7.88. The Hall–Kier alpha value is -2.71. The summed E-state index contributed by atoms with van der Waals surface area (Å²) in [5.74, 6) is -1.77. The van der Waals surface area contributed by atoms with Gasteiger partial charge in [0.1, 0.15) is 10.7 Å². The summed E-state index contributed by atoms with van der Waals surface area (Å²) in [6.45, 7) is -0.0959. The van der Waals surface area contributed by atoms with Crippen molar-refractivity contribution in [2.24, 2.45) is 0 Å². The highest BCUT2D eigenvalue weighted by Crippen LogP contribution is 2.25. The van der Waals surface area contributed by atoms with E-state index in [-0.39, 0.29) is 6.61 Å². The fourth-order valence-electron chi connectivity index (χ4n) is 2.41. The number of hydrogen-bond acceptors (Lipinski definition) is 5. The van der Waals surface area contributed by atoms with Crippen LogP contribution in [0.4, 0.5) is 8.78 Å². The summed E-state index contributed by atoms with van der Waals surface area (Å²) >= 11 is 1.38. The van der Waals surface area contributed by atoms with E-state index < -0.39 is 11.9 Å². The molecule has 0 amide bonds. The van der Waals surface area contributed by atoms with Gasteiger partial charge in [-0.05, 0) is 12.1 Å². The van der Waals surface area contributed by atoms with Crippen LogP contribution < -0.4 is 0 Å². The van der Waals surface area contributed by atoms with Crippen LogP contribution in [0.3, 0.4) is 0 Å². The Morgan fingerprint density at radius 2 is 1.75 bits per heavy atom. The smallest absolute Gasteiger partial charge is 0.216 e. The molecule has 4 rings (SSSR count). The normalized spacial score (nSPS) is 11.3. The number of fused-ring (bicyclic) bond motifs is 1. The molecule has 0 saturated carbocycles. The van der Waals surface area contributed by atoms with Gasteiger partial charge in [-0.2, -0.15) is 13.8 Å². The maximum absolute atomic E-state index is 13.3. The number of rotatable bonds is 3. The Kier molecular flexibility index (Phi) is 3.55. The van der Waals surface area contributed by atoms with E-state index in [4.69, 9.17) is 5.11 Å². The first kappa shape index (κ1) is 14.9. The molecule has 4 aromatic heterocycles. The Morgan fingerprint density at radius 1 is 0.958 bits per heavy atom. The van der Waals surface area contributed by atoms with Crippen molar-refractivity contribution in [2.75, 3.05) is 0 Å². The molecule has 0 aromatic carbocycles. The van der Waals surface area contributed by atoms with Crippen molar-refractivity contribution in [3.8, 4) is 22.5 Å². The van der Waals surface area contributed by atoms with Crippen molar-refractivity contribution in [1.82, 2.24) is 19.4 Å². The quantitative estimate of drug-likeness (QED) is 0.579. The van der Waals surface area contributed by atoms with Crippen molar-refractivity contribution < 1.29 is 13.9 Å². The number of nitrogens with zero attached hydrogens (tertiary/aromatic N) is 4. The number of aromatic nitrogens is 4. The van der Waals surface area contributed by atoms with Gasteiger partial charge in [0.05, 0.1) is 18.0 Å². The molecule has 4 heterocycles. The molecular weight excluding hydrogens is 334 g/mol. The molecule has 1 N–H and O–H groups in total. The lowest BCUT2D eigenvalue weighted by Gasteiger charge is -1.98. The van der Waals surface area contributed by atoms with E-state index in [2.05, 4.69) is 15.0 Å². The first-order chi connectivity index (χ1) is 11.6. The molecule has 8 heteroatoms. The minimum absolute atomic E-state index is 0.0959. The zero-order valence-electron chi connectivity index (χ0n) is 12.1. The molecule has 0 saturated heterocycles. The molecule has 0 spiro atoms. The standard InChI is InChI=1S/C16H10F2N4OS/c17-13-3-10(4-14(18)21-13)11-6-22-5-9(1-2-15(22)19-11)12-8-24-16(7-23)20-12/h1-6,8,23H,7H2. The molecule has 24 heavy (non-hydrogen) atoms. The lowest BCUT2D eigenvalue weighted by molar-refractivity contribution is 0.281. The van der Waals surface area contributed by atoms with Gasteiger partial charge in [-0.3, -0.25) is 0 Å². The van der Waals surface area contributed by atoms with Crippen molar-refractivity contribution in [2.45, 2.75) is 6.61 Å².